The van der Waals surface area contributed by atoms with Gasteiger partial charge in [-0.1, -0.05) is 0 Å². The number of hydrogen-bond acceptors (Lipinski definition) is 3. The van der Waals surface area contributed by atoms with Crippen molar-refractivity contribution < 1.29 is 48.3 Å². The zero-order chi connectivity index (χ0) is 18.9. The molecule has 1 unspecified atom stereocenters. The van der Waals surface area contributed by atoms with Gasteiger partial charge in [-0.2, -0.15) is 35.1 Å². The van der Waals surface area contributed by atoms with Gasteiger partial charge in [-0.25, -0.2) is 8.42 Å². The fourth-order valence-electron chi connectivity index (χ4n) is 1.41. The molecule has 0 amide bonds. The van der Waals surface area contributed by atoms with Gasteiger partial charge in [0.1, 0.15) is 4.75 Å². The molecule has 0 bridgehead atoms. The van der Waals surface area contributed by atoms with Crippen LogP contribution in [-0.2, 0) is 14.6 Å². The van der Waals surface area contributed by atoms with Crippen LogP contribution in [0, 0.1) is 0 Å². The first kappa shape index (κ1) is 22.4. The van der Waals surface area contributed by atoms with E-state index in [2.05, 4.69) is 12.6 Å². The van der Waals surface area contributed by atoms with E-state index in [4.69, 9.17) is 0 Å². The summed E-state index contributed by atoms with van der Waals surface area (Å²) >= 11 is 3.13. The maximum absolute atomic E-state index is 12.8. The molecule has 0 fully saturated rings. The lowest BCUT2D eigenvalue weighted by atomic mass is 10.1. The Bertz CT molecular complexity index is 537. The average Bonchev–Trinajstić information content (AvgIpc) is 2.31. The van der Waals surface area contributed by atoms with Crippen LogP contribution in [0.3, 0.4) is 0 Å². The third-order valence-electron chi connectivity index (χ3n) is 3.12. The molecule has 0 heterocycles. The molecule has 0 saturated carbocycles. The van der Waals surface area contributed by atoms with E-state index in [-0.39, 0.29) is 0 Å². The minimum Gasteiger partial charge on any atom is -0.286 e. The van der Waals surface area contributed by atoms with E-state index in [1.165, 1.54) is 0 Å². The molecule has 0 aromatic carbocycles. The molecule has 0 aromatic heterocycles. The normalized spacial score (nSPS) is 17.0. The lowest BCUT2D eigenvalue weighted by molar-refractivity contribution is -0.282. The van der Waals surface area contributed by atoms with Crippen molar-refractivity contribution >= 4 is 27.6 Å². The number of carbonyl (C=O) groups is 1. The first-order valence-corrected chi connectivity index (χ1v) is 7.93. The van der Waals surface area contributed by atoms with Gasteiger partial charge in [0.25, 0.3) is 0 Å². The average molecular weight is 396 g/mol. The van der Waals surface area contributed by atoms with E-state index in [0.717, 1.165) is 0 Å². The highest BCUT2D eigenvalue weighted by atomic mass is 32.2. The quantitative estimate of drug-likeness (QED) is 0.529. The molecule has 0 N–H and O–H groups in total. The number of carbonyl (C=O) groups excluding carboxylic acids is 1. The second-order valence-electron chi connectivity index (χ2n) is 4.92. The number of alkyl halides is 8. The Morgan fingerprint density at radius 3 is 1.65 bits per heavy atom. The maximum Gasteiger partial charge on any atom is 0.453 e. The van der Waals surface area contributed by atoms with Crippen LogP contribution in [-0.4, -0.2) is 42.3 Å². The Balaban J connectivity index is 5.37. The fourth-order valence-corrected chi connectivity index (χ4v) is 3.59. The van der Waals surface area contributed by atoms with Crippen molar-refractivity contribution in [3.05, 3.63) is 0 Å². The van der Waals surface area contributed by atoms with Gasteiger partial charge in [0.15, 0.2) is 9.84 Å². The van der Waals surface area contributed by atoms with Crippen molar-refractivity contribution in [1.82, 2.24) is 0 Å². The van der Waals surface area contributed by atoms with E-state index < -0.39 is 63.0 Å². The predicted octanol–water partition coefficient (Wildman–Crippen LogP) is 3.55. The van der Waals surface area contributed by atoms with E-state index in [0.29, 0.717) is 6.92 Å². The van der Waals surface area contributed by atoms with Crippen LogP contribution in [0.25, 0.3) is 0 Å². The molecule has 0 aliphatic heterocycles. The van der Waals surface area contributed by atoms with Crippen molar-refractivity contribution in [2.24, 2.45) is 0 Å². The van der Waals surface area contributed by atoms with Crippen LogP contribution in [0.5, 0.6) is 0 Å². The molecule has 0 aromatic rings. The number of thiol groups is 1. The first-order valence-electron chi connectivity index (χ1n) is 5.83. The summed E-state index contributed by atoms with van der Waals surface area (Å²) in [6, 6.07) is 0. The molecule has 13 heteroatoms. The lowest BCUT2D eigenvalue weighted by Crippen LogP contribution is -2.46. The van der Waals surface area contributed by atoms with E-state index >= 15 is 0 Å². The standard InChI is InChI=1S/C10H12F8O3S2/c1-7(6(19)22,2-3-9(13,14)15)23(20,21)5-4-8(11,12)10(16,17)18/h2-5H2,1H3,(H,19,22). The molecular weight excluding hydrogens is 384 g/mol. The third kappa shape index (κ3) is 5.76. The van der Waals surface area contributed by atoms with Crippen LogP contribution >= 0.6 is 12.6 Å². The second kappa shape index (κ2) is 6.73. The first-order chi connectivity index (χ1) is 9.86. The Morgan fingerprint density at radius 2 is 1.35 bits per heavy atom. The molecule has 0 radical (unpaired) electrons. The highest BCUT2D eigenvalue weighted by Crippen LogP contribution is 2.40. The van der Waals surface area contributed by atoms with Gasteiger partial charge in [0.2, 0.25) is 5.12 Å². The summed E-state index contributed by atoms with van der Waals surface area (Å²) in [4.78, 5) is 11.3. The predicted molar refractivity (Wildman–Crippen MR) is 67.1 cm³/mol. The van der Waals surface area contributed by atoms with E-state index in [1.807, 2.05) is 0 Å². The molecular formula is C10H12F8O3S2. The summed E-state index contributed by atoms with van der Waals surface area (Å²) < 4.78 is 119. The van der Waals surface area contributed by atoms with Gasteiger partial charge in [-0.15, -0.1) is 12.6 Å². The zero-order valence-corrected chi connectivity index (χ0v) is 13.1. The number of halogens is 8. The lowest BCUT2D eigenvalue weighted by Gasteiger charge is -2.28. The monoisotopic (exact) mass is 396 g/mol. The third-order valence-corrected chi connectivity index (χ3v) is 6.27. The number of sulfone groups is 1. The minimum atomic E-state index is -6.02. The minimum absolute atomic E-state index is 0.509. The number of hydrogen-bond donors (Lipinski definition) is 1. The van der Waals surface area contributed by atoms with Crippen molar-refractivity contribution in [3.8, 4) is 0 Å². The van der Waals surface area contributed by atoms with Gasteiger partial charge in [-0.3, -0.25) is 4.79 Å². The SMILES string of the molecule is CC(CCC(F)(F)F)(C(=O)S)S(=O)(=O)CCC(F)(F)C(F)(F)F. The van der Waals surface area contributed by atoms with E-state index in [1.54, 1.807) is 0 Å². The molecule has 0 aliphatic rings. The van der Waals surface area contributed by atoms with Crippen molar-refractivity contribution in [2.45, 2.75) is 49.2 Å². The van der Waals surface area contributed by atoms with Crippen molar-refractivity contribution in [2.75, 3.05) is 5.75 Å². The van der Waals surface area contributed by atoms with Crippen LogP contribution in [0.2, 0.25) is 0 Å². The van der Waals surface area contributed by atoms with Gasteiger partial charge >= 0.3 is 18.3 Å². The topological polar surface area (TPSA) is 51.2 Å². The van der Waals surface area contributed by atoms with Gasteiger partial charge < -0.3 is 0 Å². The Hall–Kier alpha value is -0.590. The van der Waals surface area contributed by atoms with Crippen molar-refractivity contribution in [3.63, 3.8) is 0 Å². The van der Waals surface area contributed by atoms with Crippen LogP contribution in [0.4, 0.5) is 35.1 Å². The summed E-state index contributed by atoms with van der Waals surface area (Å²) in [5, 5.41) is -1.57. The van der Waals surface area contributed by atoms with Crippen molar-refractivity contribution in [1.29, 1.82) is 0 Å². The van der Waals surface area contributed by atoms with E-state index in [9.17, 15) is 48.3 Å². The van der Waals surface area contributed by atoms with Crippen LogP contribution in [0.15, 0.2) is 0 Å². The Morgan fingerprint density at radius 1 is 0.913 bits per heavy atom. The molecule has 0 rings (SSSR count). The Kier molecular flexibility index (Phi) is 6.56. The summed E-state index contributed by atoms with van der Waals surface area (Å²) in [6.45, 7) is 0.509. The fraction of sp³-hybridized carbons (Fsp3) is 0.900. The largest absolute Gasteiger partial charge is 0.453 e. The molecule has 3 nitrogen and oxygen atoms in total. The summed E-state index contributed by atoms with van der Waals surface area (Å²) in [7, 11) is -5.04. The molecule has 1 atom stereocenters. The zero-order valence-electron chi connectivity index (χ0n) is 11.4. The van der Waals surface area contributed by atoms with Gasteiger partial charge in [-0.05, 0) is 13.3 Å². The maximum atomic E-state index is 12.8. The highest BCUT2D eigenvalue weighted by molar-refractivity contribution is 8.02. The Labute approximate surface area is 131 Å². The van der Waals surface area contributed by atoms with Crippen LogP contribution < -0.4 is 0 Å². The molecule has 0 aliphatic carbocycles. The highest BCUT2D eigenvalue weighted by Gasteiger charge is 2.58. The molecule has 23 heavy (non-hydrogen) atoms. The van der Waals surface area contributed by atoms with Crippen LogP contribution in [0.1, 0.15) is 26.2 Å². The second-order valence-corrected chi connectivity index (χ2v) is 7.87. The summed E-state index contributed by atoms with van der Waals surface area (Å²) in [6.07, 6.45) is -16.2. The summed E-state index contributed by atoms with van der Waals surface area (Å²) in [5.41, 5.74) is 0. The summed E-state index contributed by atoms with van der Waals surface area (Å²) in [5.74, 6) is -7.18. The van der Waals surface area contributed by atoms with Gasteiger partial charge in [0, 0.05) is 12.8 Å². The van der Waals surface area contributed by atoms with Gasteiger partial charge in [0.05, 0.1) is 5.75 Å². The smallest absolute Gasteiger partial charge is 0.286 e. The molecule has 0 saturated heterocycles. The number of rotatable bonds is 7. The molecule has 138 valence electrons. The molecule has 0 spiro atoms.